The van der Waals surface area contributed by atoms with Gasteiger partial charge in [-0.15, -0.1) is 0 Å². The Labute approximate surface area is 112 Å². The van der Waals surface area contributed by atoms with Gasteiger partial charge in [-0.05, 0) is 31.9 Å². The SMILES string of the molecule is Cc1[nH]ncc1CCCNCc1cnn(CCO)c1. The summed E-state index contributed by atoms with van der Waals surface area (Å²) in [5.41, 5.74) is 3.59. The predicted octanol–water partition coefficient (Wildman–Crippen LogP) is 0.629. The minimum Gasteiger partial charge on any atom is -0.394 e. The zero-order chi connectivity index (χ0) is 13.5. The van der Waals surface area contributed by atoms with E-state index in [1.54, 1.807) is 4.68 Å². The third-order valence-electron chi connectivity index (χ3n) is 3.08. The van der Waals surface area contributed by atoms with Gasteiger partial charge in [0.25, 0.3) is 0 Å². The molecule has 0 bridgehead atoms. The van der Waals surface area contributed by atoms with Gasteiger partial charge >= 0.3 is 0 Å². The summed E-state index contributed by atoms with van der Waals surface area (Å²) >= 11 is 0. The summed E-state index contributed by atoms with van der Waals surface area (Å²) in [5.74, 6) is 0. The van der Waals surface area contributed by atoms with E-state index in [4.69, 9.17) is 5.11 Å². The molecule has 2 aromatic rings. The molecular formula is C13H21N5O. The average molecular weight is 263 g/mol. The molecule has 0 unspecified atom stereocenters. The van der Waals surface area contributed by atoms with Crippen LogP contribution in [0.4, 0.5) is 0 Å². The summed E-state index contributed by atoms with van der Waals surface area (Å²) in [6, 6.07) is 0. The minimum absolute atomic E-state index is 0.124. The van der Waals surface area contributed by atoms with Crippen molar-refractivity contribution in [1.29, 1.82) is 0 Å². The van der Waals surface area contributed by atoms with E-state index >= 15 is 0 Å². The number of rotatable bonds is 8. The van der Waals surface area contributed by atoms with Gasteiger partial charge in [-0.25, -0.2) is 0 Å². The number of aliphatic hydroxyl groups is 1. The van der Waals surface area contributed by atoms with Gasteiger partial charge in [-0.3, -0.25) is 9.78 Å². The largest absolute Gasteiger partial charge is 0.394 e. The molecule has 2 heterocycles. The molecule has 0 saturated carbocycles. The van der Waals surface area contributed by atoms with Gasteiger partial charge in [0.2, 0.25) is 0 Å². The van der Waals surface area contributed by atoms with Crippen molar-refractivity contribution in [2.75, 3.05) is 13.2 Å². The number of aromatic nitrogens is 4. The molecule has 104 valence electrons. The molecule has 0 saturated heterocycles. The highest BCUT2D eigenvalue weighted by Gasteiger charge is 2.00. The van der Waals surface area contributed by atoms with Crippen molar-refractivity contribution in [2.24, 2.45) is 0 Å². The fourth-order valence-electron chi connectivity index (χ4n) is 1.99. The maximum absolute atomic E-state index is 8.80. The van der Waals surface area contributed by atoms with Crippen LogP contribution in [-0.4, -0.2) is 38.2 Å². The van der Waals surface area contributed by atoms with Crippen LogP contribution in [0.25, 0.3) is 0 Å². The Hall–Kier alpha value is -1.66. The fourth-order valence-corrected chi connectivity index (χ4v) is 1.99. The summed E-state index contributed by atoms with van der Waals surface area (Å²) in [6.45, 7) is 4.51. The molecule has 2 aromatic heterocycles. The lowest BCUT2D eigenvalue weighted by atomic mass is 10.1. The zero-order valence-corrected chi connectivity index (χ0v) is 11.3. The molecule has 0 aliphatic rings. The van der Waals surface area contributed by atoms with Crippen molar-refractivity contribution in [3.8, 4) is 0 Å². The van der Waals surface area contributed by atoms with Gasteiger partial charge in [0.15, 0.2) is 0 Å². The van der Waals surface area contributed by atoms with Crippen molar-refractivity contribution >= 4 is 0 Å². The number of H-pyrrole nitrogens is 1. The number of hydrogen-bond donors (Lipinski definition) is 3. The second-order valence-corrected chi connectivity index (χ2v) is 4.64. The molecule has 6 nitrogen and oxygen atoms in total. The Morgan fingerprint density at radius 2 is 2.32 bits per heavy atom. The first-order valence-electron chi connectivity index (χ1n) is 6.61. The Morgan fingerprint density at radius 3 is 3.05 bits per heavy atom. The molecule has 0 aromatic carbocycles. The van der Waals surface area contributed by atoms with E-state index in [1.807, 2.05) is 25.5 Å². The van der Waals surface area contributed by atoms with E-state index in [0.29, 0.717) is 6.54 Å². The Balaban J connectivity index is 1.62. The second-order valence-electron chi connectivity index (χ2n) is 4.64. The van der Waals surface area contributed by atoms with Crippen molar-refractivity contribution < 1.29 is 5.11 Å². The second kappa shape index (κ2) is 7.06. The van der Waals surface area contributed by atoms with Crippen molar-refractivity contribution in [3.63, 3.8) is 0 Å². The Kier molecular flexibility index (Phi) is 5.11. The van der Waals surface area contributed by atoms with Crippen LogP contribution in [0.5, 0.6) is 0 Å². The molecule has 6 heteroatoms. The molecule has 0 aliphatic carbocycles. The highest BCUT2D eigenvalue weighted by Crippen LogP contribution is 2.05. The lowest BCUT2D eigenvalue weighted by Crippen LogP contribution is -2.15. The third-order valence-corrected chi connectivity index (χ3v) is 3.08. The van der Waals surface area contributed by atoms with E-state index < -0.39 is 0 Å². The molecule has 0 amide bonds. The van der Waals surface area contributed by atoms with Crippen molar-refractivity contribution in [2.45, 2.75) is 32.9 Å². The number of nitrogens with one attached hydrogen (secondary N) is 2. The van der Waals surface area contributed by atoms with Gasteiger partial charge in [0.1, 0.15) is 0 Å². The minimum atomic E-state index is 0.124. The number of nitrogens with zero attached hydrogens (tertiary/aromatic N) is 3. The van der Waals surface area contributed by atoms with Crippen LogP contribution in [0.3, 0.4) is 0 Å². The first kappa shape index (κ1) is 13.8. The lowest BCUT2D eigenvalue weighted by Gasteiger charge is -2.02. The van der Waals surface area contributed by atoms with Crippen LogP contribution in [0.1, 0.15) is 23.2 Å². The fraction of sp³-hybridized carbons (Fsp3) is 0.538. The molecular weight excluding hydrogens is 242 g/mol. The number of aromatic amines is 1. The summed E-state index contributed by atoms with van der Waals surface area (Å²) < 4.78 is 1.76. The smallest absolute Gasteiger partial charge is 0.0640 e. The molecule has 2 rings (SSSR count). The van der Waals surface area contributed by atoms with E-state index in [9.17, 15) is 0 Å². The third kappa shape index (κ3) is 4.18. The summed E-state index contributed by atoms with van der Waals surface area (Å²) in [5, 5.41) is 23.3. The maximum Gasteiger partial charge on any atom is 0.0640 e. The normalized spacial score (nSPS) is 11.1. The predicted molar refractivity (Wildman–Crippen MR) is 72.7 cm³/mol. The van der Waals surface area contributed by atoms with E-state index in [-0.39, 0.29) is 6.61 Å². The standard InChI is InChI=1S/C13H21N5O/c1-11-13(9-15-17-11)3-2-4-14-7-12-8-16-18(10-12)5-6-19/h8-10,14,19H,2-7H2,1H3,(H,15,17). The first-order chi connectivity index (χ1) is 9.29. The van der Waals surface area contributed by atoms with E-state index in [1.165, 1.54) is 5.56 Å². The summed E-state index contributed by atoms with van der Waals surface area (Å²) in [6.07, 6.45) is 7.82. The van der Waals surface area contributed by atoms with Gasteiger partial charge in [0, 0.05) is 24.0 Å². The lowest BCUT2D eigenvalue weighted by molar-refractivity contribution is 0.269. The van der Waals surface area contributed by atoms with Crippen LogP contribution in [0.15, 0.2) is 18.6 Å². The maximum atomic E-state index is 8.80. The van der Waals surface area contributed by atoms with Gasteiger partial charge in [-0.2, -0.15) is 10.2 Å². The van der Waals surface area contributed by atoms with Crippen LogP contribution in [-0.2, 0) is 19.5 Å². The average Bonchev–Trinajstić information content (AvgIpc) is 3.00. The molecule has 19 heavy (non-hydrogen) atoms. The van der Waals surface area contributed by atoms with Gasteiger partial charge < -0.3 is 10.4 Å². The van der Waals surface area contributed by atoms with Crippen LogP contribution in [0, 0.1) is 6.92 Å². The molecule has 3 N–H and O–H groups in total. The monoisotopic (exact) mass is 263 g/mol. The molecule has 0 atom stereocenters. The number of aliphatic hydroxyl groups excluding tert-OH is 1. The van der Waals surface area contributed by atoms with Crippen molar-refractivity contribution in [1.82, 2.24) is 25.3 Å². The molecule has 0 radical (unpaired) electrons. The Morgan fingerprint density at radius 1 is 1.42 bits per heavy atom. The number of hydrogen-bond acceptors (Lipinski definition) is 4. The molecule has 0 spiro atoms. The van der Waals surface area contributed by atoms with Crippen LogP contribution in [0.2, 0.25) is 0 Å². The topological polar surface area (TPSA) is 78.8 Å². The summed E-state index contributed by atoms with van der Waals surface area (Å²) in [7, 11) is 0. The summed E-state index contributed by atoms with van der Waals surface area (Å²) in [4.78, 5) is 0. The van der Waals surface area contributed by atoms with Crippen molar-refractivity contribution in [3.05, 3.63) is 35.4 Å². The molecule has 0 aliphatic heterocycles. The first-order valence-corrected chi connectivity index (χ1v) is 6.61. The van der Waals surface area contributed by atoms with Gasteiger partial charge in [-0.1, -0.05) is 0 Å². The van der Waals surface area contributed by atoms with E-state index in [2.05, 4.69) is 20.6 Å². The van der Waals surface area contributed by atoms with Gasteiger partial charge in [0.05, 0.1) is 25.5 Å². The van der Waals surface area contributed by atoms with E-state index in [0.717, 1.165) is 37.2 Å². The van der Waals surface area contributed by atoms with Crippen LogP contribution < -0.4 is 5.32 Å². The van der Waals surface area contributed by atoms with Crippen LogP contribution >= 0.6 is 0 Å². The molecule has 0 fully saturated rings. The zero-order valence-electron chi connectivity index (χ0n) is 11.3. The Bertz CT molecular complexity index is 491. The quantitative estimate of drug-likeness (QED) is 0.610. The highest BCUT2D eigenvalue weighted by molar-refractivity contribution is 5.14. The highest BCUT2D eigenvalue weighted by atomic mass is 16.3. The number of aryl methyl sites for hydroxylation is 2.